The molecule has 1 aromatic carbocycles. The summed E-state index contributed by atoms with van der Waals surface area (Å²) >= 11 is 5.88. The van der Waals surface area contributed by atoms with E-state index in [0.29, 0.717) is 16.1 Å². The van der Waals surface area contributed by atoms with E-state index in [4.69, 9.17) is 17.3 Å². The van der Waals surface area contributed by atoms with Gasteiger partial charge in [0.25, 0.3) is 0 Å². The molecule has 0 radical (unpaired) electrons. The van der Waals surface area contributed by atoms with E-state index in [0.717, 1.165) is 12.2 Å². The Hall–Kier alpha value is -0.890. The number of unbranched alkanes of at least 4 members (excludes halogenated alkanes) is 2. The molecule has 0 aliphatic rings. The summed E-state index contributed by atoms with van der Waals surface area (Å²) in [5.74, 6) is 0. The zero-order valence-corrected chi connectivity index (χ0v) is 12.5. The molecule has 0 unspecified atom stereocenters. The van der Waals surface area contributed by atoms with Crippen LogP contribution in [0.15, 0.2) is 18.2 Å². The molecule has 3 N–H and O–H groups in total. The van der Waals surface area contributed by atoms with Crippen molar-refractivity contribution in [2.45, 2.75) is 46.5 Å². The average Bonchev–Trinajstić information content (AvgIpc) is 2.28. The van der Waals surface area contributed by atoms with Gasteiger partial charge in [0.1, 0.15) is 0 Å². The molecule has 0 saturated heterocycles. The lowest BCUT2D eigenvalue weighted by Crippen LogP contribution is -2.23. The standard InChI is InChI=1S/C15H25ClN2/c1-4-5-6-9-15(2,3)11-18-14-8-7-12(16)10-13(14)17/h7-8,10,18H,4-6,9,11,17H2,1-3H3. The van der Waals surface area contributed by atoms with Crippen molar-refractivity contribution in [3.63, 3.8) is 0 Å². The van der Waals surface area contributed by atoms with Crippen molar-refractivity contribution < 1.29 is 0 Å². The first-order valence-electron chi connectivity index (χ1n) is 6.73. The Bertz CT molecular complexity index is 375. The lowest BCUT2D eigenvalue weighted by Gasteiger charge is -2.26. The van der Waals surface area contributed by atoms with E-state index in [2.05, 4.69) is 26.1 Å². The maximum atomic E-state index is 5.93. The topological polar surface area (TPSA) is 38.0 Å². The minimum atomic E-state index is 0.293. The van der Waals surface area contributed by atoms with E-state index in [1.165, 1.54) is 25.7 Å². The zero-order chi connectivity index (χ0) is 13.6. The third kappa shape index (κ3) is 5.18. The number of halogens is 1. The van der Waals surface area contributed by atoms with Gasteiger partial charge in [-0.05, 0) is 30.0 Å². The van der Waals surface area contributed by atoms with Gasteiger partial charge in [0, 0.05) is 11.6 Å². The Morgan fingerprint density at radius 2 is 2.00 bits per heavy atom. The third-order valence-corrected chi connectivity index (χ3v) is 3.46. The molecule has 18 heavy (non-hydrogen) atoms. The van der Waals surface area contributed by atoms with Gasteiger partial charge in [-0.3, -0.25) is 0 Å². The van der Waals surface area contributed by atoms with Gasteiger partial charge in [-0.15, -0.1) is 0 Å². The van der Waals surface area contributed by atoms with Gasteiger partial charge in [0.05, 0.1) is 11.4 Å². The molecular formula is C15H25ClN2. The lowest BCUT2D eigenvalue weighted by atomic mass is 9.87. The van der Waals surface area contributed by atoms with Crippen molar-refractivity contribution in [3.05, 3.63) is 23.2 Å². The van der Waals surface area contributed by atoms with Crippen LogP contribution in [0.25, 0.3) is 0 Å². The molecule has 0 fully saturated rings. The van der Waals surface area contributed by atoms with Crippen LogP contribution in [0.1, 0.15) is 46.5 Å². The van der Waals surface area contributed by atoms with Crippen molar-refractivity contribution in [3.8, 4) is 0 Å². The van der Waals surface area contributed by atoms with E-state index in [1.54, 1.807) is 6.07 Å². The van der Waals surface area contributed by atoms with Crippen molar-refractivity contribution in [1.82, 2.24) is 0 Å². The summed E-state index contributed by atoms with van der Waals surface area (Å²) in [5, 5.41) is 4.10. The molecule has 0 heterocycles. The fourth-order valence-corrected chi connectivity index (χ4v) is 2.15. The fourth-order valence-electron chi connectivity index (χ4n) is 1.97. The minimum Gasteiger partial charge on any atom is -0.397 e. The van der Waals surface area contributed by atoms with E-state index in [-0.39, 0.29) is 0 Å². The number of nitrogen functional groups attached to an aromatic ring is 1. The summed E-state index contributed by atoms with van der Waals surface area (Å²) in [6.07, 6.45) is 5.11. The Morgan fingerprint density at radius 1 is 1.28 bits per heavy atom. The molecule has 1 rings (SSSR count). The molecule has 0 saturated carbocycles. The van der Waals surface area contributed by atoms with Gasteiger partial charge in [-0.1, -0.05) is 51.6 Å². The maximum absolute atomic E-state index is 5.93. The Kier molecular flexibility index (Phi) is 5.80. The van der Waals surface area contributed by atoms with Gasteiger partial charge >= 0.3 is 0 Å². The first-order chi connectivity index (χ1) is 8.44. The molecule has 0 amide bonds. The summed E-state index contributed by atoms with van der Waals surface area (Å²) in [5.41, 5.74) is 7.91. The second kappa shape index (κ2) is 6.89. The smallest absolute Gasteiger partial charge is 0.0575 e. The molecular weight excluding hydrogens is 244 g/mol. The van der Waals surface area contributed by atoms with Gasteiger partial charge in [0.2, 0.25) is 0 Å². The summed E-state index contributed by atoms with van der Waals surface area (Å²) < 4.78 is 0. The molecule has 0 spiro atoms. The normalized spacial score (nSPS) is 11.6. The Labute approximate surface area is 116 Å². The van der Waals surface area contributed by atoms with Gasteiger partial charge in [-0.25, -0.2) is 0 Å². The number of rotatable bonds is 7. The second-order valence-corrected chi connectivity index (χ2v) is 6.14. The SMILES string of the molecule is CCCCCC(C)(C)CNc1ccc(Cl)cc1N. The van der Waals surface area contributed by atoms with Gasteiger partial charge in [-0.2, -0.15) is 0 Å². The van der Waals surface area contributed by atoms with Gasteiger partial charge < -0.3 is 11.1 Å². The van der Waals surface area contributed by atoms with Crippen molar-refractivity contribution >= 4 is 23.0 Å². The number of benzene rings is 1. The summed E-state index contributed by atoms with van der Waals surface area (Å²) in [7, 11) is 0. The minimum absolute atomic E-state index is 0.293. The van der Waals surface area contributed by atoms with Crippen LogP contribution in [0.3, 0.4) is 0 Å². The largest absolute Gasteiger partial charge is 0.397 e. The monoisotopic (exact) mass is 268 g/mol. The van der Waals surface area contributed by atoms with Crippen molar-refractivity contribution in [2.75, 3.05) is 17.6 Å². The van der Waals surface area contributed by atoms with E-state index in [1.807, 2.05) is 12.1 Å². The van der Waals surface area contributed by atoms with Crippen molar-refractivity contribution in [2.24, 2.45) is 5.41 Å². The quantitative estimate of drug-likeness (QED) is 0.543. The number of anilines is 2. The van der Waals surface area contributed by atoms with Crippen LogP contribution in [-0.4, -0.2) is 6.54 Å². The van der Waals surface area contributed by atoms with Crippen LogP contribution in [-0.2, 0) is 0 Å². The molecule has 102 valence electrons. The molecule has 0 aliphatic heterocycles. The summed E-state index contributed by atoms with van der Waals surface area (Å²) in [6.45, 7) is 7.76. The molecule has 2 nitrogen and oxygen atoms in total. The zero-order valence-electron chi connectivity index (χ0n) is 11.7. The van der Waals surface area contributed by atoms with E-state index < -0.39 is 0 Å². The summed E-state index contributed by atoms with van der Waals surface area (Å²) in [6, 6.07) is 5.60. The highest BCUT2D eigenvalue weighted by Gasteiger charge is 2.17. The Balaban J connectivity index is 2.48. The molecule has 1 aromatic rings. The molecule has 0 aromatic heterocycles. The summed E-state index contributed by atoms with van der Waals surface area (Å²) in [4.78, 5) is 0. The van der Waals surface area contributed by atoms with Crippen LogP contribution < -0.4 is 11.1 Å². The van der Waals surface area contributed by atoms with Crippen LogP contribution in [0.2, 0.25) is 5.02 Å². The first kappa shape index (κ1) is 15.2. The van der Waals surface area contributed by atoms with E-state index >= 15 is 0 Å². The number of hydrogen-bond acceptors (Lipinski definition) is 2. The number of nitrogens with one attached hydrogen (secondary N) is 1. The molecule has 0 atom stereocenters. The predicted molar refractivity (Wildman–Crippen MR) is 82.3 cm³/mol. The number of nitrogens with two attached hydrogens (primary N) is 1. The fraction of sp³-hybridized carbons (Fsp3) is 0.600. The Morgan fingerprint density at radius 3 is 2.61 bits per heavy atom. The third-order valence-electron chi connectivity index (χ3n) is 3.23. The maximum Gasteiger partial charge on any atom is 0.0575 e. The predicted octanol–water partition coefficient (Wildman–Crippen LogP) is 4.94. The van der Waals surface area contributed by atoms with Crippen LogP contribution >= 0.6 is 11.6 Å². The van der Waals surface area contributed by atoms with Crippen molar-refractivity contribution in [1.29, 1.82) is 0 Å². The van der Waals surface area contributed by atoms with Gasteiger partial charge in [0.15, 0.2) is 0 Å². The number of hydrogen-bond donors (Lipinski definition) is 2. The first-order valence-corrected chi connectivity index (χ1v) is 7.11. The molecule has 3 heteroatoms. The van der Waals surface area contributed by atoms with E-state index in [9.17, 15) is 0 Å². The molecule has 0 aliphatic carbocycles. The van der Waals surface area contributed by atoms with Crippen LogP contribution in [0.5, 0.6) is 0 Å². The second-order valence-electron chi connectivity index (χ2n) is 5.71. The highest BCUT2D eigenvalue weighted by Crippen LogP contribution is 2.27. The highest BCUT2D eigenvalue weighted by molar-refractivity contribution is 6.31. The van der Waals surface area contributed by atoms with Crippen LogP contribution in [0, 0.1) is 5.41 Å². The van der Waals surface area contributed by atoms with Crippen LogP contribution in [0.4, 0.5) is 11.4 Å². The lowest BCUT2D eigenvalue weighted by molar-refractivity contribution is 0.342. The highest BCUT2D eigenvalue weighted by atomic mass is 35.5. The molecule has 0 bridgehead atoms. The average molecular weight is 269 g/mol.